The van der Waals surface area contributed by atoms with Crippen molar-refractivity contribution in [1.29, 1.82) is 0 Å². The first-order valence-corrected chi connectivity index (χ1v) is 7.38. The van der Waals surface area contributed by atoms with Crippen LogP contribution in [-0.2, 0) is 11.2 Å². The smallest absolute Gasteiger partial charge is 0.137 e. The van der Waals surface area contributed by atoms with Crippen molar-refractivity contribution in [3.63, 3.8) is 0 Å². The van der Waals surface area contributed by atoms with Crippen LogP contribution in [0.25, 0.3) is 0 Å². The molecule has 1 aromatic rings. The molecule has 0 aromatic heterocycles. The van der Waals surface area contributed by atoms with Crippen molar-refractivity contribution < 1.29 is 9.18 Å². The van der Waals surface area contributed by atoms with Gasteiger partial charge in [0.25, 0.3) is 0 Å². The Labute approximate surface area is 114 Å². The molecule has 0 radical (unpaired) electrons. The number of hydrogen-bond acceptors (Lipinski definition) is 1. The molecular formula is C17H21FO. The zero-order valence-corrected chi connectivity index (χ0v) is 11.5. The molecule has 19 heavy (non-hydrogen) atoms. The van der Waals surface area contributed by atoms with Gasteiger partial charge in [-0.3, -0.25) is 4.79 Å². The fourth-order valence-corrected chi connectivity index (χ4v) is 4.06. The topological polar surface area (TPSA) is 17.1 Å². The van der Waals surface area contributed by atoms with E-state index in [-0.39, 0.29) is 5.82 Å². The maximum absolute atomic E-state index is 13.0. The van der Waals surface area contributed by atoms with E-state index in [1.54, 1.807) is 6.07 Å². The van der Waals surface area contributed by atoms with Crippen molar-refractivity contribution in [3.05, 3.63) is 35.1 Å². The molecule has 0 aliphatic heterocycles. The molecule has 0 amide bonds. The summed E-state index contributed by atoms with van der Waals surface area (Å²) in [7, 11) is 0. The van der Waals surface area contributed by atoms with E-state index in [2.05, 4.69) is 0 Å². The van der Waals surface area contributed by atoms with Crippen molar-refractivity contribution >= 4 is 5.78 Å². The van der Waals surface area contributed by atoms with Crippen LogP contribution in [0.4, 0.5) is 4.39 Å². The molecule has 3 unspecified atom stereocenters. The molecule has 2 saturated carbocycles. The molecule has 0 N–H and O–H groups in total. The first kappa shape index (κ1) is 12.8. The second kappa shape index (κ2) is 5.07. The van der Waals surface area contributed by atoms with Crippen molar-refractivity contribution in [2.75, 3.05) is 0 Å². The summed E-state index contributed by atoms with van der Waals surface area (Å²) in [6.45, 7) is 1.88. The van der Waals surface area contributed by atoms with Crippen LogP contribution in [-0.4, -0.2) is 5.78 Å². The minimum atomic E-state index is -0.221. The molecule has 1 aromatic carbocycles. The van der Waals surface area contributed by atoms with E-state index in [0.717, 1.165) is 29.4 Å². The predicted molar refractivity (Wildman–Crippen MR) is 73.4 cm³/mol. The maximum atomic E-state index is 13.0. The number of benzene rings is 1. The van der Waals surface area contributed by atoms with Crippen LogP contribution < -0.4 is 0 Å². The number of carbonyl (C=O) groups excluding carboxylic acids is 1. The van der Waals surface area contributed by atoms with Crippen LogP contribution in [0, 0.1) is 30.5 Å². The molecular weight excluding hydrogens is 239 g/mol. The average Bonchev–Trinajstić information content (AvgIpc) is 2.95. The number of Topliss-reactive ketones (excluding diaryl/α,β-unsaturated/α-hetero) is 1. The number of fused-ring (bicyclic) bond motifs is 2. The molecule has 3 rings (SSSR count). The predicted octanol–water partition coefficient (Wildman–Crippen LogP) is 4.07. The van der Waals surface area contributed by atoms with Crippen molar-refractivity contribution in [1.82, 2.24) is 0 Å². The Morgan fingerprint density at radius 1 is 1.32 bits per heavy atom. The number of rotatable bonds is 4. The van der Waals surface area contributed by atoms with Crippen LogP contribution in [0.2, 0.25) is 0 Å². The number of halogens is 1. The van der Waals surface area contributed by atoms with E-state index in [1.807, 2.05) is 6.92 Å². The van der Waals surface area contributed by atoms with Gasteiger partial charge >= 0.3 is 0 Å². The maximum Gasteiger partial charge on any atom is 0.137 e. The molecule has 0 heterocycles. The third-order valence-electron chi connectivity index (χ3n) is 5.07. The van der Waals surface area contributed by atoms with Gasteiger partial charge in [0.2, 0.25) is 0 Å². The first-order valence-electron chi connectivity index (χ1n) is 7.38. The second-order valence-electron chi connectivity index (χ2n) is 6.43. The highest BCUT2D eigenvalue weighted by atomic mass is 19.1. The van der Waals surface area contributed by atoms with Gasteiger partial charge in [-0.2, -0.15) is 0 Å². The average molecular weight is 260 g/mol. The van der Waals surface area contributed by atoms with Gasteiger partial charge in [-0.1, -0.05) is 12.5 Å². The Bertz CT molecular complexity index is 494. The largest absolute Gasteiger partial charge is 0.299 e. The van der Waals surface area contributed by atoms with Gasteiger partial charge in [0.1, 0.15) is 11.6 Å². The van der Waals surface area contributed by atoms with Gasteiger partial charge < -0.3 is 0 Å². The third kappa shape index (κ3) is 2.72. The lowest BCUT2D eigenvalue weighted by Gasteiger charge is -2.20. The lowest BCUT2D eigenvalue weighted by molar-refractivity contribution is -0.119. The molecule has 2 aliphatic rings. The lowest BCUT2D eigenvalue weighted by Crippen LogP contribution is -2.16. The fourth-order valence-electron chi connectivity index (χ4n) is 4.06. The number of carbonyl (C=O) groups is 1. The Morgan fingerprint density at radius 2 is 2.16 bits per heavy atom. The van der Waals surface area contributed by atoms with Gasteiger partial charge in [0.15, 0.2) is 0 Å². The summed E-state index contributed by atoms with van der Waals surface area (Å²) in [5, 5.41) is 0. The molecule has 3 atom stereocenters. The van der Waals surface area contributed by atoms with Gasteiger partial charge in [-0.05, 0) is 67.2 Å². The van der Waals surface area contributed by atoms with Crippen molar-refractivity contribution in [2.24, 2.45) is 17.8 Å². The zero-order valence-electron chi connectivity index (χ0n) is 11.5. The van der Waals surface area contributed by atoms with Gasteiger partial charge in [0, 0.05) is 12.8 Å². The zero-order chi connectivity index (χ0) is 13.4. The van der Waals surface area contributed by atoms with E-state index in [1.165, 1.54) is 37.8 Å². The van der Waals surface area contributed by atoms with E-state index < -0.39 is 0 Å². The Morgan fingerprint density at radius 3 is 2.79 bits per heavy atom. The number of hydrogen-bond donors (Lipinski definition) is 0. The van der Waals surface area contributed by atoms with E-state index in [4.69, 9.17) is 0 Å². The summed E-state index contributed by atoms with van der Waals surface area (Å²) in [5.74, 6) is 2.44. The summed E-state index contributed by atoms with van der Waals surface area (Å²) in [6, 6.07) is 4.72. The molecule has 102 valence electrons. The highest BCUT2D eigenvalue weighted by molar-refractivity contribution is 5.81. The molecule has 0 spiro atoms. The van der Waals surface area contributed by atoms with Crippen molar-refractivity contribution in [2.45, 2.75) is 45.4 Å². The molecule has 2 aliphatic carbocycles. The minimum absolute atomic E-state index is 0.221. The quantitative estimate of drug-likeness (QED) is 0.797. The SMILES string of the molecule is Cc1cc(F)ccc1CC(=O)CC1CC2CCC1C2. The number of aryl methyl sites for hydroxylation is 1. The van der Waals surface area contributed by atoms with Gasteiger partial charge in [-0.25, -0.2) is 4.39 Å². The summed E-state index contributed by atoms with van der Waals surface area (Å²) in [4.78, 5) is 12.2. The molecule has 1 nitrogen and oxygen atoms in total. The monoisotopic (exact) mass is 260 g/mol. The summed E-state index contributed by atoms with van der Waals surface area (Å²) in [5.41, 5.74) is 1.87. The Hall–Kier alpha value is -1.18. The van der Waals surface area contributed by atoms with Gasteiger partial charge in [0.05, 0.1) is 0 Å². The standard InChI is InChI=1S/C17H21FO/c1-11-6-16(18)5-4-13(11)9-17(19)10-15-8-12-2-3-14(15)7-12/h4-6,12,14-15H,2-3,7-10H2,1H3. The highest BCUT2D eigenvalue weighted by Gasteiger charge is 2.39. The Balaban J connectivity index is 1.59. The van der Waals surface area contributed by atoms with Crippen LogP contribution in [0.1, 0.15) is 43.2 Å². The number of ketones is 1. The fraction of sp³-hybridized carbons (Fsp3) is 0.588. The van der Waals surface area contributed by atoms with E-state index in [0.29, 0.717) is 18.1 Å². The minimum Gasteiger partial charge on any atom is -0.299 e. The first-order chi connectivity index (χ1) is 9.11. The summed E-state index contributed by atoms with van der Waals surface area (Å²) in [6.07, 6.45) is 6.54. The molecule has 2 bridgehead atoms. The third-order valence-corrected chi connectivity index (χ3v) is 5.07. The normalized spacial score (nSPS) is 28.8. The van der Waals surface area contributed by atoms with Gasteiger partial charge in [-0.15, -0.1) is 0 Å². The van der Waals surface area contributed by atoms with Crippen LogP contribution in [0.3, 0.4) is 0 Å². The van der Waals surface area contributed by atoms with Crippen LogP contribution in [0.15, 0.2) is 18.2 Å². The lowest BCUT2D eigenvalue weighted by atomic mass is 9.84. The summed E-state index contributed by atoms with van der Waals surface area (Å²) < 4.78 is 13.0. The van der Waals surface area contributed by atoms with Crippen molar-refractivity contribution in [3.8, 4) is 0 Å². The molecule has 2 fully saturated rings. The second-order valence-corrected chi connectivity index (χ2v) is 6.43. The Kier molecular flexibility index (Phi) is 3.42. The van der Waals surface area contributed by atoms with E-state index >= 15 is 0 Å². The molecule has 2 heteroatoms. The highest BCUT2D eigenvalue weighted by Crippen LogP contribution is 2.49. The molecule has 0 saturated heterocycles. The summed E-state index contributed by atoms with van der Waals surface area (Å²) >= 11 is 0. The van der Waals surface area contributed by atoms with Crippen LogP contribution >= 0.6 is 0 Å². The van der Waals surface area contributed by atoms with E-state index in [9.17, 15) is 9.18 Å². The van der Waals surface area contributed by atoms with Crippen LogP contribution in [0.5, 0.6) is 0 Å².